The van der Waals surface area contributed by atoms with Gasteiger partial charge in [0.15, 0.2) is 0 Å². The van der Waals surface area contributed by atoms with Crippen molar-refractivity contribution in [2.75, 3.05) is 6.54 Å². The van der Waals surface area contributed by atoms with Gasteiger partial charge in [-0.15, -0.1) is 0 Å². The van der Waals surface area contributed by atoms with Gasteiger partial charge in [0.2, 0.25) is 21.7 Å². The summed E-state index contributed by atoms with van der Waals surface area (Å²) in [5.41, 5.74) is 3.05. The maximum Gasteiger partial charge on any atom is 0.240 e. The van der Waals surface area contributed by atoms with Crippen molar-refractivity contribution in [3.8, 4) is 11.4 Å². The highest BCUT2D eigenvalue weighted by Crippen LogP contribution is 2.20. The van der Waals surface area contributed by atoms with E-state index in [-0.39, 0.29) is 11.4 Å². The predicted octanol–water partition coefficient (Wildman–Crippen LogP) is 3.69. The van der Waals surface area contributed by atoms with Crippen molar-refractivity contribution in [2.45, 2.75) is 38.0 Å². The maximum absolute atomic E-state index is 12.4. The molecule has 0 amide bonds. The van der Waals surface area contributed by atoms with E-state index in [1.54, 1.807) is 12.1 Å². The van der Waals surface area contributed by atoms with Gasteiger partial charge < -0.3 is 4.52 Å². The van der Waals surface area contributed by atoms with Crippen molar-refractivity contribution < 1.29 is 12.9 Å². The Hall–Kier alpha value is -2.51. The third-order valence-electron chi connectivity index (χ3n) is 4.34. The molecule has 6 nitrogen and oxygen atoms in total. The second kappa shape index (κ2) is 8.02. The van der Waals surface area contributed by atoms with E-state index in [4.69, 9.17) is 4.52 Å². The summed E-state index contributed by atoms with van der Waals surface area (Å²) in [5.74, 6) is 1.26. The molecule has 142 valence electrons. The number of sulfonamides is 1. The SMILES string of the molecule is Cc1ccccc1-c1noc(CCNS(=O)(=O)c2ccc(C(C)C)cc2)n1. The molecule has 0 saturated carbocycles. The van der Waals surface area contributed by atoms with Gasteiger partial charge in [-0.05, 0) is 36.1 Å². The summed E-state index contributed by atoms with van der Waals surface area (Å²) in [6.07, 6.45) is 0.322. The van der Waals surface area contributed by atoms with E-state index in [0.717, 1.165) is 16.7 Å². The Morgan fingerprint density at radius 3 is 2.44 bits per heavy atom. The van der Waals surface area contributed by atoms with Crippen molar-refractivity contribution in [1.82, 2.24) is 14.9 Å². The first-order valence-corrected chi connectivity index (χ1v) is 10.3. The normalized spacial score (nSPS) is 11.9. The van der Waals surface area contributed by atoms with E-state index in [0.29, 0.717) is 24.1 Å². The molecule has 0 radical (unpaired) electrons. The van der Waals surface area contributed by atoms with Gasteiger partial charge >= 0.3 is 0 Å². The maximum atomic E-state index is 12.4. The molecule has 1 aromatic heterocycles. The van der Waals surface area contributed by atoms with Gasteiger partial charge in [0.1, 0.15) is 0 Å². The van der Waals surface area contributed by atoms with Crippen LogP contribution in [0.4, 0.5) is 0 Å². The molecule has 7 heteroatoms. The first kappa shape index (κ1) is 19.3. The van der Waals surface area contributed by atoms with E-state index in [1.807, 2.05) is 43.3 Å². The monoisotopic (exact) mass is 385 g/mol. The van der Waals surface area contributed by atoms with E-state index >= 15 is 0 Å². The van der Waals surface area contributed by atoms with Gasteiger partial charge in [-0.2, -0.15) is 4.98 Å². The molecule has 0 atom stereocenters. The largest absolute Gasteiger partial charge is 0.339 e. The molecule has 3 aromatic rings. The fourth-order valence-corrected chi connectivity index (χ4v) is 3.73. The van der Waals surface area contributed by atoms with Crippen LogP contribution in [0, 0.1) is 6.92 Å². The Bertz CT molecular complexity index is 1010. The predicted molar refractivity (Wildman–Crippen MR) is 104 cm³/mol. The fraction of sp³-hybridized carbons (Fsp3) is 0.300. The lowest BCUT2D eigenvalue weighted by Gasteiger charge is -2.08. The van der Waals surface area contributed by atoms with Crippen LogP contribution < -0.4 is 4.72 Å². The topological polar surface area (TPSA) is 85.1 Å². The Kier molecular flexibility index (Phi) is 5.72. The smallest absolute Gasteiger partial charge is 0.240 e. The summed E-state index contributed by atoms with van der Waals surface area (Å²) in [4.78, 5) is 4.60. The zero-order valence-corrected chi connectivity index (χ0v) is 16.5. The first-order chi connectivity index (χ1) is 12.9. The molecule has 0 bridgehead atoms. The van der Waals surface area contributed by atoms with Crippen LogP contribution in [0.25, 0.3) is 11.4 Å². The number of nitrogens with one attached hydrogen (secondary N) is 1. The molecule has 0 spiro atoms. The Labute approximate surface area is 159 Å². The lowest BCUT2D eigenvalue weighted by atomic mass is 10.0. The fourth-order valence-electron chi connectivity index (χ4n) is 2.70. The highest BCUT2D eigenvalue weighted by Gasteiger charge is 2.15. The zero-order chi connectivity index (χ0) is 19.4. The van der Waals surface area contributed by atoms with Crippen molar-refractivity contribution in [3.05, 3.63) is 65.5 Å². The molecule has 0 aliphatic carbocycles. The molecule has 0 saturated heterocycles. The van der Waals surface area contributed by atoms with E-state index in [1.165, 1.54) is 0 Å². The van der Waals surface area contributed by atoms with Crippen molar-refractivity contribution in [2.24, 2.45) is 0 Å². The molecule has 0 unspecified atom stereocenters. The third kappa shape index (κ3) is 4.61. The highest BCUT2D eigenvalue weighted by molar-refractivity contribution is 7.89. The van der Waals surface area contributed by atoms with Crippen LogP contribution >= 0.6 is 0 Å². The van der Waals surface area contributed by atoms with Crippen LogP contribution in [-0.4, -0.2) is 25.1 Å². The van der Waals surface area contributed by atoms with Gasteiger partial charge in [-0.1, -0.05) is 55.4 Å². The van der Waals surface area contributed by atoms with E-state index < -0.39 is 10.0 Å². The van der Waals surface area contributed by atoms with E-state index in [2.05, 4.69) is 28.7 Å². The summed E-state index contributed by atoms with van der Waals surface area (Å²) in [6, 6.07) is 14.7. The Morgan fingerprint density at radius 2 is 1.78 bits per heavy atom. The van der Waals surface area contributed by atoms with Crippen LogP contribution in [0.3, 0.4) is 0 Å². The van der Waals surface area contributed by atoms with Gasteiger partial charge in [-0.3, -0.25) is 0 Å². The number of rotatable bonds is 7. The molecule has 1 N–H and O–H groups in total. The molecular weight excluding hydrogens is 362 g/mol. The summed E-state index contributed by atoms with van der Waals surface area (Å²) < 4.78 is 32.6. The van der Waals surface area contributed by atoms with Crippen molar-refractivity contribution in [1.29, 1.82) is 0 Å². The first-order valence-electron chi connectivity index (χ1n) is 8.85. The lowest BCUT2D eigenvalue weighted by molar-refractivity contribution is 0.379. The molecule has 1 heterocycles. The standard InChI is InChI=1S/C20H23N3O3S/c1-14(2)16-8-10-17(11-9-16)27(24,25)21-13-12-19-22-20(23-26-19)18-7-5-4-6-15(18)3/h4-11,14,21H,12-13H2,1-3H3. The average molecular weight is 385 g/mol. The molecule has 0 fully saturated rings. The third-order valence-corrected chi connectivity index (χ3v) is 5.82. The summed E-state index contributed by atoms with van der Waals surface area (Å²) >= 11 is 0. The van der Waals surface area contributed by atoms with E-state index in [9.17, 15) is 8.42 Å². The summed E-state index contributed by atoms with van der Waals surface area (Å²) in [7, 11) is -3.56. The lowest BCUT2D eigenvalue weighted by Crippen LogP contribution is -2.26. The molecular formula is C20H23N3O3S. The van der Waals surface area contributed by atoms with Crippen molar-refractivity contribution >= 4 is 10.0 Å². The Balaban J connectivity index is 1.62. The average Bonchev–Trinajstić information content (AvgIpc) is 3.10. The number of aryl methyl sites for hydroxylation is 1. The molecule has 27 heavy (non-hydrogen) atoms. The number of hydrogen-bond acceptors (Lipinski definition) is 5. The number of hydrogen-bond donors (Lipinski definition) is 1. The zero-order valence-electron chi connectivity index (χ0n) is 15.6. The van der Waals surface area contributed by atoms with Crippen molar-refractivity contribution in [3.63, 3.8) is 0 Å². The molecule has 0 aliphatic heterocycles. The van der Waals surface area contributed by atoms with Crippen LogP contribution in [0.15, 0.2) is 57.9 Å². The van der Waals surface area contributed by atoms with Gasteiger partial charge in [0, 0.05) is 18.5 Å². The highest BCUT2D eigenvalue weighted by atomic mass is 32.2. The Morgan fingerprint density at radius 1 is 1.07 bits per heavy atom. The molecule has 0 aliphatic rings. The quantitative estimate of drug-likeness (QED) is 0.670. The number of benzene rings is 2. The van der Waals surface area contributed by atoms with Gasteiger partial charge in [0.05, 0.1) is 4.90 Å². The molecule has 2 aromatic carbocycles. The van der Waals surface area contributed by atoms with Crippen LogP contribution in [0.1, 0.15) is 36.8 Å². The minimum Gasteiger partial charge on any atom is -0.339 e. The molecule has 3 rings (SSSR count). The number of aromatic nitrogens is 2. The second-order valence-electron chi connectivity index (χ2n) is 6.70. The van der Waals surface area contributed by atoms with Crippen LogP contribution in [-0.2, 0) is 16.4 Å². The van der Waals surface area contributed by atoms with Crippen LogP contribution in [0.2, 0.25) is 0 Å². The second-order valence-corrected chi connectivity index (χ2v) is 8.47. The summed E-state index contributed by atoms with van der Waals surface area (Å²) in [6.45, 7) is 6.29. The van der Waals surface area contributed by atoms with Gasteiger partial charge in [0.25, 0.3) is 0 Å². The number of nitrogens with zero attached hydrogens (tertiary/aromatic N) is 2. The van der Waals surface area contributed by atoms with Crippen LogP contribution in [0.5, 0.6) is 0 Å². The van der Waals surface area contributed by atoms with Gasteiger partial charge in [-0.25, -0.2) is 13.1 Å². The minimum absolute atomic E-state index is 0.184. The minimum atomic E-state index is -3.56. The summed E-state index contributed by atoms with van der Waals surface area (Å²) in [5, 5.41) is 3.98.